The number of rotatable bonds is 10. The molecule has 0 radical (unpaired) electrons. The molecule has 0 aromatic carbocycles. The number of aliphatic hydroxyl groups is 1. The summed E-state index contributed by atoms with van der Waals surface area (Å²) in [6.07, 6.45) is 5.22. The van der Waals surface area contributed by atoms with Gasteiger partial charge in [-0.15, -0.1) is 0 Å². The number of hydrogen-bond donors (Lipinski definition) is 5. The lowest BCUT2D eigenvalue weighted by Crippen LogP contribution is -2.60. The maximum atomic E-state index is 14.1. The molecule has 3 aliphatic rings. The van der Waals surface area contributed by atoms with Crippen molar-refractivity contribution in [2.45, 2.75) is 81.6 Å². The zero-order chi connectivity index (χ0) is 23.6. The Balaban J connectivity index is 1.66. The van der Waals surface area contributed by atoms with E-state index in [0.29, 0.717) is 12.2 Å². The van der Waals surface area contributed by atoms with Crippen LogP contribution in [0.5, 0.6) is 0 Å². The van der Waals surface area contributed by atoms with E-state index in [1.54, 1.807) is 6.07 Å². The van der Waals surface area contributed by atoms with Crippen molar-refractivity contribution >= 4 is 29.2 Å². The van der Waals surface area contributed by atoms with Gasteiger partial charge >= 0.3 is 5.97 Å². The van der Waals surface area contributed by atoms with Crippen molar-refractivity contribution in [2.75, 3.05) is 18.4 Å². The number of carboxylic acids is 1. The number of nitrogens with one attached hydrogen (secondary N) is 3. The Labute approximate surface area is 192 Å². The molecule has 0 aliphatic heterocycles. The summed E-state index contributed by atoms with van der Waals surface area (Å²) in [5.41, 5.74) is -0.947. The molecule has 10 heteroatoms. The molecule has 2 bridgehead atoms. The molecule has 1 amide bonds. The number of alkyl halides is 1. The van der Waals surface area contributed by atoms with Crippen LogP contribution in [-0.2, 0) is 4.79 Å². The standard InChI is InChI=1S/C22H32ClFN4O4/c1-20(2,32)16(24)13-26-19(31)14-12-25-17(23)11-15(14)28-22-7-4-21(5-8-22,6-9-22)27-10-3-18(29)30/h11-12,16,27,32H,3-10,13H2,1-2H3,(H,25,28)(H,26,31)(H,29,30). The van der Waals surface area contributed by atoms with Crippen LogP contribution in [0.3, 0.4) is 0 Å². The summed E-state index contributed by atoms with van der Waals surface area (Å²) in [6.45, 7) is 2.84. The fraction of sp³-hybridized carbons (Fsp3) is 0.682. The van der Waals surface area contributed by atoms with Crippen molar-refractivity contribution in [2.24, 2.45) is 0 Å². The predicted molar refractivity (Wildman–Crippen MR) is 120 cm³/mol. The van der Waals surface area contributed by atoms with Crippen LogP contribution in [0.1, 0.15) is 69.2 Å². The molecule has 1 atom stereocenters. The molecule has 4 rings (SSSR count). The van der Waals surface area contributed by atoms with E-state index in [1.807, 2.05) is 0 Å². The average molecular weight is 471 g/mol. The van der Waals surface area contributed by atoms with Gasteiger partial charge in [0.2, 0.25) is 0 Å². The highest BCUT2D eigenvalue weighted by Crippen LogP contribution is 2.48. The molecule has 178 valence electrons. The first kappa shape index (κ1) is 24.7. The first-order chi connectivity index (χ1) is 14.9. The summed E-state index contributed by atoms with van der Waals surface area (Å²) in [6, 6.07) is 1.61. The van der Waals surface area contributed by atoms with Gasteiger partial charge in [-0.3, -0.25) is 9.59 Å². The first-order valence-electron chi connectivity index (χ1n) is 11.0. The minimum atomic E-state index is -1.61. The van der Waals surface area contributed by atoms with E-state index in [9.17, 15) is 19.1 Å². The Morgan fingerprint density at radius 3 is 2.38 bits per heavy atom. The number of carbonyl (C=O) groups is 2. The molecule has 0 saturated heterocycles. The molecular formula is C22H32ClFN4O4. The number of pyridine rings is 1. The van der Waals surface area contributed by atoms with Crippen LogP contribution in [-0.4, -0.2) is 63.0 Å². The van der Waals surface area contributed by atoms with Crippen molar-refractivity contribution in [1.82, 2.24) is 15.6 Å². The molecule has 3 saturated carbocycles. The third kappa shape index (κ3) is 5.88. The highest BCUT2D eigenvalue weighted by Gasteiger charge is 2.48. The molecule has 1 unspecified atom stereocenters. The van der Waals surface area contributed by atoms with Crippen LogP contribution in [0, 0.1) is 0 Å². The summed E-state index contributed by atoms with van der Waals surface area (Å²) in [5.74, 6) is -1.30. The number of nitrogens with zero attached hydrogens (tertiary/aromatic N) is 1. The molecule has 3 fully saturated rings. The number of carboxylic acid groups (broad SMARTS) is 1. The Morgan fingerprint density at radius 2 is 1.81 bits per heavy atom. The van der Waals surface area contributed by atoms with E-state index in [4.69, 9.17) is 16.7 Å². The van der Waals surface area contributed by atoms with Gasteiger partial charge in [-0.05, 0) is 58.4 Å². The van der Waals surface area contributed by atoms with Crippen molar-refractivity contribution < 1.29 is 24.2 Å². The highest BCUT2D eigenvalue weighted by molar-refractivity contribution is 6.29. The SMILES string of the molecule is CC(C)(O)C(F)CNC(=O)c1cnc(Cl)cc1NC12CCC(NCCC(=O)O)(CC1)CC2. The number of carbonyl (C=O) groups excluding carboxylic acids is 1. The second-order valence-electron chi connectivity index (χ2n) is 9.64. The van der Waals surface area contributed by atoms with E-state index in [0.717, 1.165) is 38.5 Å². The molecule has 1 heterocycles. The van der Waals surface area contributed by atoms with Gasteiger partial charge in [-0.25, -0.2) is 9.37 Å². The molecule has 8 nitrogen and oxygen atoms in total. The number of aliphatic carboxylic acids is 1. The van der Waals surface area contributed by atoms with E-state index in [1.165, 1.54) is 20.0 Å². The lowest BCUT2D eigenvalue weighted by Gasteiger charge is -2.54. The van der Waals surface area contributed by atoms with Gasteiger partial charge in [0.15, 0.2) is 0 Å². The number of fused-ring (bicyclic) bond motifs is 3. The van der Waals surface area contributed by atoms with Gasteiger partial charge in [-0.2, -0.15) is 0 Å². The third-order valence-corrected chi connectivity index (χ3v) is 7.02. The van der Waals surface area contributed by atoms with Crippen molar-refractivity contribution in [3.05, 3.63) is 23.0 Å². The molecule has 3 aliphatic carbocycles. The maximum absolute atomic E-state index is 14.1. The van der Waals surface area contributed by atoms with E-state index >= 15 is 0 Å². The molecule has 5 N–H and O–H groups in total. The number of hydrogen-bond acceptors (Lipinski definition) is 6. The van der Waals surface area contributed by atoms with Crippen LogP contribution in [0.2, 0.25) is 5.15 Å². The zero-order valence-corrected chi connectivity index (χ0v) is 19.3. The van der Waals surface area contributed by atoms with Crippen LogP contribution in [0.15, 0.2) is 12.3 Å². The molecule has 1 aromatic rings. The quantitative estimate of drug-likeness (QED) is 0.333. The highest BCUT2D eigenvalue weighted by atomic mass is 35.5. The summed E-state index contributed by atoms with van der Waals surface area (Å²) < 4.78 is 14.1. The normalized spacial score (nSPS) is 25.9. The maximum Gasteiger partial charge on any atom is 0.304 e. The summed E-state index contributed by atoms with van der Waals surface area (Å²) in [7, 11) is 0. The number of aromatic nitrogens is 1. The van der Waals surface area contributed by atoms with Crippen molar-refractivity contribution in [1.29, 1.82) is 0 Å². The van der Waals surface area contributed by atoms with Crippen LogP contribution >= 0.6 is 11.6 Å². The predicted octanol–water partition coefficient (Wildman–Crippen LogP) is 2.90. The monoisotopic (exact) mass is 470 g/mol. The van der Waals surface area contributed by atoms with Gasteiger partial charge < -0.3 is 26.2 Å². The fourth-order valence-electron chi connectivity index (χ4n) is 4.60. The smallest absolute Gasteiger partial charge is 0.304 e. The number of halogens is 2. The second-order valence-corrected chi connectivity index (χ2v) is 10.0. The zero-order valence-electron chi connectivity index (χ0n) is 18.5. The van der Waals surface area contributed by atoms with E-state index < -0.39 is 23.6 Å². The Bertz CT molecular complexity index is 836. The summed E-state index contributed by atoms with van der Waals surface area (Å²) in [5, 5.41) is 28.4. The van der Waals surface area contributed by atoms with Gasteiger partial charge in [0, 0.05) is 23.8 Å². The largest absolute Gasteiger partial charge is 0.481 e. The summed E-state index contributed by atoms with van der Waals surface area (Å²) in [4.78, 5) is 27.6. The minimum absolute atomic E-state index is 0.0256. The molecule has 0 spiro atoms. The number of amides is 1. The third-order valence-electron chi connectivity index (χ3n) is 6.81. The Morgan fingerprint density at radius 1 is 1.22 bits per heavy atom. The first-order valence-corrected chi connectivity index (χ1v) is 11.4. The van der Waals surface area contributed by atoms with Gasteiger partial charge in [0.05, 0.1) is 29.8 Å². The Kier molecular flexibility index (Phi) is 7.31. The van der Waals surface area contributed by atoms with Crippen LogP contribution in [0.25, 0.3) is 0 Å². The van der Waals surface area contributed by atoms with Gasteiger partial charge in [0.25, 0.3) is 5.91 Å². The molecular weight excluding hydrogens is 439 g/mol. The van der Waals surface area contributed by atoms with Crippen molar-refractivity contribution in [3.8, 4) is 0 Å². The molecule has 32 heavy (non-hydrogen) atoms. The van der Waals surface area contributed by atoms with E-state index in [-0.39, 0.29) is 34.8 Å². The second kappa shape index (κ2) is 9.49. The van der Waals surface area contributed by atoms with Crippen molar-refractivity contribution in [3.63, 3.8) is 0 Å². The number of anilines is 1. The summed E-state index contributed by atoms with van der Waals surface area (Å²) >= 11 is 6.10. The topological polar surface area (TPSA) is 124 Å². The lowest BCUT2D eigenvalue weighted by molar-refractivity contribution is -0.137. The minimum Gasteiger partial charge on any atom is -0.481 e. The fourth-order valence-corrected chi connectivity index (χ4v) is 4.76. The average Bonchev–Trinajstić information content (AvgIpc) is 2.72. The Hall–Kier alpha value is -1.97. The van der Waals surface area contributed by atoms with E-state index in [2.05, 4.69) is 20.9 Å². The van der Waals surface area contributed by atoms with Gasteiger partial charge in [0.1, 0.15) is 11.3 Å². The molecule has 1 aromatic heterocycles. The van der Waals surface area contributed by atoms with Crippen LogP contribution in [0.4, 0.5) is 10.1 Å². The van der Waals surface area contributed by atoms with Crippen LogP contribution < -0.4 is 16.0 Å². The van der Waals surface area contributed by atoms with Gasteiger partial charge in [-0.1, -0.05) is 11.6 Å². The lowest BCUT2D eigenvalue weighted by atomic mass is 9.61.